The number of benzene rings is 2. The molecule has 2 aromatic carbocycles. The number of hydrazone groups is 1. The van der Waals surface area contributed by atoms with Crippen LogP contribution in [0.25, 0.3) is 0 Å². The molecule has 3 rings (SSSR count). The number of amides is 3. The highest BCUT2D eigenvalue weighted by atomic mass is 19.1. The number of para-hydroxylation sites is 1. The average molecular weight is 377 g/mol. The first-order valence-corrected chi connectivity index (χ1v) is 8.29. The number of urea groups is 1. The van der Waals surface area contributed by atoms with Gasteiger partial charge in [-0.25, -0.2) is 14.6 Å². The summed E-state index contributed by atoms with van der Waals surface area (Å²) in [7, 11) is 0. The van der Waals surface area contributed by atoms with Crippen LogP contribution < -0.4 is 16.1 Å². The molecule has 0 aliphatic rings. The normalized spacial score (nSPS) is 10.5. The monoisotopic (exact) mass is 377 g/mol. The van der Waals surface area contributed by atoms with Gasteiger partial charge in [-0.2, -0.15) is 5.10 Å². The molecule has 0 aliphatic carbocycles. The summed E-state index contributed by atoms with van der Waals surface area (Å²) in [5.74, 6) is -0.939. The molecule has 3 aromatic rings. The summed E-state index contributed by atoms with van der Waals surface area (Å²) in [5, 5.41) is 8.81. The quantitative estimate of drug-likeness (QED) is 0.468. The Morgan fingerprint density at radius 3 is 2.39 bits per heavy atom. The second kappa shape index (κ2) is 9.04. The molecule has 1 aromatic heterocycles. The number of pyridine rings is 1. The summed E-state index contributed by atoms with van der Waals surface area (Å²) in [6.45, 7) is 0. The van der Waals surface area contributed by atoms with Gasteiger partial charge in [-0.3, -0.25) is 9.78 Å². The molecule has 0 saturated carbocycles. The SMILES string of the molecule is O=C(Nc1ccc(C(=O)N/N=C/c2ccccn2)cc1)Nc1ccccc1F. The van der Waals surface area contributed by atoms with Gasteiger partial charge in [0.05, 0.1) is 17.6 Å². The van der Waals surface area contributed by atoms with Gasteiger partial charge in [-0.1, -0.05) is 18.2 Å². The van der Waals surface area contributed by atoms with Crippen LogP contribution in [-0.4, -0.2) is 23.1 Å². The molecule has 3 N–H and O–H groups in total. The number of hydrogen-bond acceptors (Lipinski definition) is 4. The Balaban J connectivity index is 1.54. The number of carbonyl (C=O) groups is 2. The zero-order valence-corrected chi connectivity index (χ0v) is 14.6. The van der Waals surface area contributed by atoms with E-state index < -0.39 is 17.8 Å². The van der Waals surface area contributed by atoms with Gasteiger partial charge < -0.3 is 10.6 Å². The maximum absolute atomic E-state index is 13.5. The van der Waals surface area contributed by atoms with Gasteiger partial charge in [0.15, 0.2) is 0 Å². The summed E-state index contributed by atoms with van der Waals surface area (Å²) in [4.78, 5) is 28.0. The highest BCUT2D eigenvalue weighted by molar-refractivity contribution is 6.00. The van der Waals surface area contributed by atoms with Crippen molar-refractivity contribution in [2.75, 3.05) is 10.6 Å². The minimum absolute atomic E-state index is 0.0711. The Labute approximate surface area is 160 Å². The summed E-state index contributed by atoms with van der Waals surface area (Å²) in [6, 6.07) is 16.8. The zero-order chi connectivity index (χ0) is 19.8. The van der Waals surface area contributed by atoms with Gasteiger partial charge in [0.2, 0.25) is 0 Å². The predicted octanol–water partition coefficient (Wildman–Crippen LogP) is 3.63. The number of hydrogen-bond donors (Lipinski definition) is 3. The van der Waals surface area contributed by atoms with Crippen molar-refractivity contribution in [3.63, 3.8) is 0 Å². The van der Waals surface area contributed by atoms with Crippen molar-refractivity contribution in [1.82, 2.24) is 10.4 Å². The van der Waals surface area contributed by atoms with E-state index in [0.717, 1.165) is 0 Å². The Kier molecular flexibility index (Phi) is 6.04. The first kappa shape index (κ1) is 18.7. The maximum Gasteiger partial charge on any atom is 0.323 e. The van der Waals surface area contributed by atoms with Crippen LogP contribution in [0.4, 0.5) is 20.6 Å². The maximum atomic E-state index is 13.5. The molecule has 0 bridgehead atoms. The van der Waals surface area contributed by atoms with E-state index in [1.807, 2.05) is 6.07 Å². The number of halogens is 1. The second-order valence-electron chi connectivity index (χ2n) is 5.59. The van der Waals surface area contributed by atoms with Crippen LogP contribution in [0.1, 0.15) is 16.1 Å². The molecule has 8 heteroatoms. The third-order valence-electron chi connectivity index (χ3n) is 3.58. The molecule has 0 radical (unpaired) electrons. The molecule has 0 unspecified atom stereocenters. The molecule has 0 saturated heterocycles. The first-order chi connectivity index (χ1) is 13.6. The molecule has 0 spiro atoms. The van der Waals surface area contributed by atoms with E-state index in [1.54, 1.807) is 36.5 Å². The molecule has 3 amide bonds. The molecule has 28 heavy (non-hydrogen) atoms. The lowest BCUT2D eigenvalue weighted by Crippen LogP contribution is -2.20. The molecule has 0 fully saturated rings. The number of nitrogens with one attached hydrogen (secondary N) is 3. The van der Waals surface area contributed by atoms with Gasteiger partial charge in [-0.05, 0) is 48.5 Å². The van der Waals surface area contributed by atoms with E-state index in [2.05, 4.69) is 26.1 Å². The van der Waals surface area contributed by atoms with E-state index >= 15 is 0 Å². The van der Waals surface area contributed by atoms with Crippen LogP contribution >= 0.6 is 0 Å². The van der Waals surface area contributed by atoms with Gasteiger partial charge in [0, 0.05) is 17.4 Å². The fourth-order valence-electron chi connectivity index (χ4n) is 2.23. The second-order valence-corrected chi connectivity index (χ2v) is 5.59. The minimum atomic E-state index is -0.595. The molecule has 0 atom stereocenters. The van der Waals surface area contributed by atoms with Crippen LogP contribution in [0.15, 0.2) is 78.0 Å². The number of aromatic nitrogens is 1. The van der Waals surface area contributed by atoms with Crippen LogP contribution in [0.3, 0.4) is 0 Å². The molecular weight excluding hydrogens is 361 g/mol. The van der Waals surface area contributed by atoms with Crippen molar-refractivity contribution >= 4 is 29.5 Å². The minimum Gasteiger partial charge on any atom is -0.308 e. The highest BCUT2D eigenvalue weighted by Crippen LogP contribution is 2.14. The van der Waals surface area contributed by atoms with Crippen LogP contribution in [-0.2, 0) is 0 Å². The van der Waals surface area contributed by atoms with E-state index in [1.165, 1.54) is 36.5 Å². The number of carbonyl (C=O) groups excluding carboxylic acids is 2. The fraction of sp³-hybridized carbons (Fsp3) is 0. The van der Waals surface area contributed by atoms with Gasteiger partial charge >= 0.3 is 6.03 Å². The van der Waals surface area contributed by atoms with E-state index in [4.69, 9.17) is 0 Å². The number of anilines is 2. The molecule has 7 nitrogen and oxygen atoms in total. The largest absolute Gasteiger partial charge is 0.323 e. The van der Waals surface area contributed by atoms with Gasteiger partial charge in [0.25, 0.3) is 5.91 Å². The smallest absolute Gasteiger partial charge is 0.308 e. The number of rotatable bonds is 5. The number of nitrogens with zero attached hydrogens (tertiary/aromatic N) is 2. The van der Waals surface area contributed by atoms with Crippen molar-refractivity contribution in [1.29, 1.82) is 0 Å². The molecular formula is C20H16FN5O2. The summed E-state index contributed by atoms with van der Waals surface area (Å²) >= 11 is 0. The van der Waals surface area contributed by atoms with E-state index in [0.29, 0.717) is 16.9 Å². The lowest BCUT2D eigenvalue weighted by molar-refractivity contribution is 0.0955. The van der Waals surface area contributed by atoms with E-state index in [9.17, 15) is 14.0 Å². The highest BCUT2D eigenvalue weighted by Gasteiger charge is 2.08. The molecule has 0 aliphatic heterocycles. The van der Waals surface area contributed by atoms with Crippen LogP contribution in [0, 0.1) is 5.82 Å². The summed E-state index contributed by atoms with van der Waals surface area (Å²) in [6.07, 6.45) is 3.05. The Morgan fingerprint density at radius 1 is 0.929 bits per heavy atom. The third kappa shape index (κ3) is 5.21. The summed E-state index contributed by atoms with van der Waals surface area (Å²) < 4.78 is 13.5. The zero-order valence-electron chi connectivity index (χ0n) is 14.6. The molecule has 1 heterocycles. The lowest BCUT2D eigenvalue weighted by atomic mass is 10.2. The van der Waals surface area contributed by atoms with Gasteiger partial charge in [0.1, 0.15) is 5.82 Å². The van der Waals surface area contributed by atoms with Crippen LogP contribution in [0.2, 0.25) is 0 Å². The van der Waals surface area contributed by atoms with E-state index in [-0.39, 0.29) is 5.69 Å². The van der Waals surface area contributed by atoms with Crippen molar-refractivity contribution < 1.29 is 14.0 Å². The van der Waals surface area contributed by atoms with Crippen molar-refractivity contribution in [3.05, 3.63) is 90.0 Å². The fourth-order valence-corrected chi connectivity index (χ4v) is 2.23. The molecule has 140 valence electrons. The summed E-state index contributed by atoms with van der Waals surface area (Å²) in [5.41, 5.74) is 3.89. The lowest BCUT2D eigenvalue weighted by Gasteiger charge is -2.08. The third-order valence-corrected chi connectivity index (χ3v) is 3.58. The topological polar surface area (TPSA) is 95.5 Å². The first-order valence-electron chi connectivity index (χ1n) is 8.29. The van der Waals surface area contributed by atoms with Crippen molar-refractivity contribution in [2.24, 2.45) is 5.10 Å². The predicted molar refractivity (Wildman–Crippen MR) is 105 cm³/mol. The Morgan fingerprint density at radius 2 is 1.68 bits per heavy atom. The van der Waals surface area contributed by atoms with Gasteiger partial charge in [-0.15, -0.1) is 0 Å². The van der Waals surface area contributed by atoms with Crippen LogP contribution in [0.5, 0.6) is 0 Å². The Bertz CT molecular complexity index is 991. The Hall–Kier alpha value is -4.07. The standard InChI is InChI=1S/C20H16FN5O2/c21-17-6-1-2-7-18(17)25-20(28)24-15-10-8-14(9-11-15)19(27)26-23-13-16-5-3-4-12-22-16/h1-13H,(H,26,27)(H2,24,25,28)/b23-13+. The van der Waals surface area contributed by atoms with Crippen molar-refractivity contribution in [2.45, 2.75) is 0 Å². The average Bonchev–Trinajstić information content (AvgIpc) is 2.71. The van der Waals surface area contributed by atoms with Crippen molar-refractivity contribution in [3.8, 4) is 0 Å².